The van der Waals surface area contributed by atoms with E-state index < -0.39 is 0 Å². The summed E-state index contributed by atoms with van der Waals surface area (Å²) in [6, 6.07) is 6.63. The number of nitrogens with one attached hydrogen (secondary N) is 1. The number of likely N-dealkylation sites (tertiary alicyclic amines) is 1. The van der Waals surface area contributed by atoms with Crippen LogP contribution in [-0.4, -0.2) is 35.8 Å². The van der Waals surface area contributed by atoms with Gasteiger partial charge in [-0.05, 0) is 56.9 Å². The second-order valence-corrected chi connectivity index (χ2v) is 7.46. The number of furan rings is 1. The maximum atomic E-state index is 13.0. The molecule has 2 amide bonds. The van der Waals surface area contributed by atoms with E-state index in [1.54, 1.807) is 36.1 Å². The lowest BCUT2D eigenvalue weighted by molar-refractivity contribution is 0.0682. The molecular weight excluding hydrogens is 366 g/mol. The number of anilines is 1. The number of nitrogens with zero attached hydrogens (tertiary/aromatic N) is 1. The lowest BCUT2D eigenvalue weighted by Crippen LogP contribution is -2.42. The van der Waals surface area contributed by atoms with Crippen molar-refractivity contribution < 1.29 is 14.0 Å². The molecule has 0 spiro atoms. The largest absolute Gasteiger partial charge is 0.469 e. The fourth-order valence-electron chi connectivity index (χ4n) is 3.42. The van der Waals surface area contributed by atoms with Crippen LogP contribution in [0.2, 0.25) is 5.02 Å². The molecule has 1 atom stereocenters. The maximum Gasteiger partial charge on any atom is 0.259 e. The molecule has 3 N–H and O–H groups in total. The van der Waals surface area contributed by atoms with Gasteiger partial charge in [0, 0.05) is 24.2 Å². The number of benzene rings is 1. The van der Waals surface area contributed by atoms with Gasteiger partial charge in [0.2, 0.25) is 0 Å². The van der Waals surface area contributed by atoms with E-state index in [2.05, 4.69) is 5.32 Å². The first-order valence-electron chi connectivity index (χ1n) is 9.06. The molecule has 1 saturated heterocycles. The maximum absolute atomic E-state index is 13.0. The topological polar surface area (TPSA) is 88.6 Å². The normalized spacial score (nSPS) is 16.2. The molecule has 1 aromatic heterocycles. The van der Waals surface area contributed by atoms with Crippen molar-refractivity contribution in [1.82, 2.24) is 4.90 Å². The minimum absolute atomic E-state index is 0.117. The molecule has 0 bridgehead atoms. The van der Waals surface area contributed by atoms with Crippen molar-refractivity contribution in [3.05, 3.63) is 52.4 Å². The molecule has 2 heterocycles. The minimum atomic E-state index is -0.340. The van der Waals surface area contributed by atoms with Gasteiger partial charge in [-0.2, -0.15) is 0 Å². The fourth-order valence-corrected chi connectivity index (χ4v) is 3.59. The molecule has 0 radical (unpaired) electrons. The number of carbonyl (C=O) groups excluding carboxylic acids is 2. The molecule has 7 heteroatoms. The summed E-state index contributed by atoms with van der Waals surface area (Å²) in [4.78, 5) is 27.4. The van der Waals surface area contributed by atoms with Crippen molar-refractivity contribution in [2.75, 3.05) is 18.4 Å². The molecule has 0 aliphatic carbocycles. The van der Waals surface area contributed by atoms with E-state index in [9.17, 15) is 9.59 Å². The van der Waals surface area contributed by atoms with Gasteiger partial charge in [-0.15, -0.1) is 0 Å². The molecule has 1 aromatic carbocycles. The average molecular weight is 390 g/mol. The Hall–Kier alpha value is -2.31. The van der Waals surface area contributed by atoms with E-state index >= 15 is 0 Å². The summed E-state index contributed by atoms with van der Waals surface area (Å²) < 4.78 is 5.18. The van der Waals surface area contributed by atoms with Gasteiger partial charge in [0.25, 0.3) is 11.8 Å². The van der Waals surface area contributed by atoms with Crippen LogP contribution >= 0.6 is 11.6 Å². The van der Waals surface area contributed by atoms with Gasteiger partial charge in [-0.25, -0.2) is 0 Å². The first kappa shape index (κ1) is 19.5. The van der Waals surface area contributed by atoms with Gasteiger partial charge in [0.15, 0.2) is 0 Å². The lowest BCUT2D eigenvalue weighted by atomic mass is 9.90. The molecule has 0 saturated carbocycles. The molecule has 1 aliphatic rings. The first-order valence-corrected chi connectivity index (χ1v) is 9.44. The van der Waals surface area contributed by atoms with Crippen LogP contribution in [0, 0.1) is 12.8 Å². The zero-order chi connectivity index (χ0) is 19.6. The van der Waals surface area contributed by atoms with E-state index in [1.165, 1.54) is 6.26 Å². The van der Waals surface area contributed by atoms with Crippen LogP contribution < -0.4 is 11.1 Å². The molecule has 2 aromatic rings. The minimum Gasteiger partial charge on any atom is -0.469 e. The summed E-state index contributed by atoms with van der Waals surface area (Å²) >= 11 is 6.09. The van der Waals surface area contributed by atoms with Crippen molar-refractivity contribution in [2.45, 2.75) is 32.7 Å². The molecule has 27 heavy (non-hydrogen) atoms. The molecule has 3 rings (SSSR count). The van der Waals surface area contributed by atoms with Crippen molar-refractivity contribution in [2.24, 2.45) is 11.7 Å². The zero-order valence-corrected chi connectivity index (χ0v) is 16.3. The third-order valence-corrected chi connectivity index (χ3v) is 5.37. The summed E-state index contributed by atoms with van der Waals surface area (Å²) in [6.45, 7) is 5.03. The van der Waals surface area contributed by atoms with Crippen molar-refractivity contribution in [3.63, 3.8) is 0 Å². The quantitative estimate of drug-likeness (QED) is 0.834. The summed E-state index contributed by atoms with van der Waals surface area (Å²) in [7, 11) is 0. The number of amides is 2. The summed E-state index contributed by atoms with van der Waals surface area (Å²) in [6.07, 6.45) is 3.22. The lowest BCUT2D eigenvalue weighted by Gasteiger charge is -2.34. The smallest absolute Gasteiger partial charge is 0.259 e. The standard InChI is InChI=1S/C20H24ClN3O3/c1-12(22)14-5-8-24(9-6-14)20(26)17-4-3-15(21)11-18(17)23-19(25)16-7-10-27-13(16)2/h3-4,7,10-12,14H,5-6,8-9,22H2,1-2H3,(H,23,25). The Morgan fingerprint density at radius 2 is 1.96 bits per heavy atom. The Bertz CT molecular complexity index is 839. The second kappa shape index (κ2) is 8.15. The number of hydrogen-bond acceptors (Lipinski definition) is 4. The third kappa shape index (κ3) is 4.34. The van der Waals surface area contributed by atoms with Gasteiger partial charge in [0.1, 0.15) is 5.76 Å². The number of nitrogens with two attached hydrogens (primary N) is 1. The molecule has 1 aliphatic heterocycles. The van der Waals surface area contributed by atoms with Crippen LogP contribution in [0.15, 0.2) is 34.9 Å². The SMILES string of the molecule is Cc1occc1C(=O)Nc1cc(Cl)ccc1C(=O)N1CCC(C(C)N)CC1. The fraction of sp³-hybridized carbons (Fsp3) is 0.400. The molecular formula is C20H24ClN3O3. The highest BCUT2D eigenvalue weighted by molar-refractivity contribution is 6.31. The van der Waals surface area contributed by atoms with Gasteiger partial charge < -0.3 is 20.4 Å². The molecule has 1 unspecified atom stereocenters. The summed E-state index contributed by atoms with van der Waals surface area (Å²) in [5.41, 5.74) is 7.22. The van der Waals surface area contributed by atoms with Gasteiger partial charge in [-0.3, -0.25) is 9.59 Å². The highest BCUT2D eigenvalue weighted by Gasteiger charge is 2.27. The van der Waals surface area contributed by atoms with Gasteiger partial charge >= 0.3 is 0 Å². The van der Waals surface area contributed by atoms with Crippen molar-refractivity contribution in [3.8, 4) is 0 Å². The van der Waals surface area contributed by atoms with Crippen molar-refractivity contribution >= 4 is 29.1 Å². The molecule has 1 fully saturated rings. The van der Waals surface area contributed by atoms with Gasteiger partial charge in [-0.1, -0.05) is 11.6 Å². The van der Waals surface area contributed by atoms with Crippen molar-refractivity contribution in [1.29, 1.82) is 0 Å². The summed E-state index contributed by atoms with van der Waals surface area (Å²) in [5, 5.41) is 3.24. The first-order chi connectivity index (χ1) is 12.9. The second-order valence-electron chi connectivity index (χ2n) is 7.02. The zero-order valence-electron chi connectivity index (χ0n) is 15.5. The van der Waals surface area contributed by atoms with Crippen LogP contribution in [-0.2, 0) is 0 Å². The van der Waals surface area contributed by atoms with Crippen LogP contribution in [0.4, 0.5) is 5.69 Å². The number of halogens is 1. The number of carbonyl (C=O) groups is 2. The predicted molar refractivity (Wildman–Crippen MR) is 105 cm³/mol. The number of rotatable bonds is 4. The Morgan fingerprint density at radius 3 is 2.56 bits per heavy atom. The highest BCUT2D eigenvalue weighted by Crippen LogP contribution is 2.26. The highest BCUT2D eigenvalue weighted by atomic mass is 35.5. The third-order valence-electron chi connectivity index (χ3n) is 5.13. The average Bonchev–Trinajstić information content (AvgIpc) is 3.07. The number of aryl methyl sites for hydroxylation is 1. The van der Waals surface area contributed by atoms with E-state index in [0.29, 0.717) is 46.6 Å². The van der Waals surface area contributed by atoms with Crippen LogP contribution in [0.1, 0.15) is 46.2 Å². The van der Waals surface area contributed by atoms with E-state index in [1.807, 2.05) is 6.92 Å². The van der Waals surface area contributed by atoms with Gasteiger partial charge in [0.05, 0.1) is 23.1 Å². The van der Waals surface area contributed by atoms with E-state index in [0.717, 1.165) is 12.8 Å². The van der Waals surface area contributed by atoms with E-state index in [-0.39, 0.29) is 17.9 Å². The monoisotopic (exact) mass is 389 g/mol. The Kier molecular flexibility index (Phi) is 5.87. The number of piperidine rings is 1. The van der Waals surface area contributed by atoms with Crippen LogP contribution in [0.5, 0.6) is 0 Å². The Labute approximate surface area is 163 Å². The predicted octanol–water partition coefficient (Wildman–Crippen LogP) is 3.69. The summed E-state index contributed by atoms with van der Waals surface area (Å²) in [5.74, 6) is 0.491. The van der Waals surface area contributed by atoms with Crippen LogP contribution in [0.3, 0.4) is 0 Å². The Morgan fingerprint density at radius 1 is 1.26 bits per heavy atom. The molecule has 144 valence electrons. The van der Waals surface area contributed by atoms with E-state index in [4.69, 9.17) is 21.8 Å². The Balaban J connectivity index is 1.79. The number of hydrogen-bond donors (Lipinski definition) is 2. The van der Waals surface area contributed by atoms with Crippen LogP contribution in [0.25, 0.3) is 0 Å². The molecule has 6 nitrogen and oxygen atoms in total.